The smallest absolute Gasteiger partial charge is 0.0784 e. The highest BCUT2D eigenvalue weighted by atomic mass is 15.2. The van der Waals surface area contributed by atoms with Gasteiger partial charge in [-0.05, 0) is 37.2 Å². The minimum atomic E-state index is 0.796. The van der Waals surface area contributed by atoms with Gasteiger partial charge in [0.2, 0.25) is 0 Å². The molecule has 0 aliphatic carbocycles. The number of rotatable bonds is 8. The molecule has 4 aromatic rings. The average Bonchev–Trinajstić information content (AvgIpc) is 3.15. The Morgan fingerprint density at radius 2 is 1.71 bits per heavy atom. The molecule has 0 atom stereocenters. The Kier molecular flexibility index (Phi) is 6.25. The van der Waals surface area contributed by atoms with E-state index in [1.807, 2.05) is 6.20 Å². The molecule has 0 bridgehead atoms. The molecule has 160 valence electrons. The second-order valence-corrected chi connectivity index (χ2v) is 8.36. The molecule has 2 aromatic carbocycles. The second kappa shape index (κ2) is 9.60. The van der Waals surface area contributed by atoms with Gasteiger partial charge in [0.05, 0.1) is 11.2 Å². The summed E-state index contributed by atoms with van der Waals surface area (Å²) in [6.45, 7) is 8.40. The van der Waals surface area contributed by atoms with E-state index in [-0.39, 0.29) is 0 Å². The molecule has 0 saturated carbocycles. The van der Waals surface area contributed by atoms with Crippen LogP contribution in [0.4, 0.5) is 0 Å². The van der Waals surface area contributed by atoms with E-state index in [9.17, 15) is 0 Å². The van der Waals surface area contributed by atoms with Crippen molar-refractivity contribution in [2.24, 2.45) is 0 Å². The van der Waals surface area contributed by atoms with Crippen LogP contribution >= 0.6 is 0 Å². The summed E-state index contributed by atoms with van der Waals surface area (Å²) in [4.78, 5) is 7.34. The number of piperazine rings is 1. The van der Waals surface area contributed by atoms with E-state index < -0.39 is 0 Å². The minimum absolute atomic E-state index is 0.796. The van der Waals surface area contributed by atoms with Crippen molar-refractivity contribution >= 4 is 21.8 Å². The molecule has 0 amide bonds. The Morgan fingerprint density at radius 1 is 0.903 bits per heavy atom. The van der Waals surface area contributed by atoms with Crippen LogP contribution in [0.5, 0.6) is 0 Å². The zero-order valence-electron chi connectivity index (χ0n) is 18.1. The maximum Gasteiger partial charge on any atom is 0.0784 e. The Hall–Kier alpha value is -2.73. The summed E-state index contributed by atoms with van der Waals surface area (Å²) >= 11 is 0. The first-order valence-corrected chi connectivity index (χ1v) is 11.4. The van der Waals surface area contributed by atoms with Crippen LogP contribution in [-0.4, -0.2) is 53.7 Å². The predicted molar refractivity (Wildman–Crippen MR) is 128 cm³/mol. The van der Waals surface area contributed by atoms with Crippen molar-refractivity contribution in [1.29, 1.82) is 0 Å². The normalized spacial score (nSPS) is 15.1. The van der Waals surface area contributed by atoms with Crippen LogP contribution in [0.15, 0.2) is 66.9 Å². The molecule has 1 aliphatic heterocycles. The number of nitrogens with one attached hydrogen (secondary N) is 2. The quantitative estimate of drug-likeness (QED) is 0.433. The van der Waals surface area contributed by atoms with Crippen LogP contribution in [0.1, 0.15) is 17.7 Å². The molecule has 0 spiro atoms. The first kappa shape index (κ1) is 20.2. The van der Waals surface area contributed by atoms with Gasteiger partial charge in [-0.15, -0.1) is 0 Å². The summed E-state index contributed by atoms with van der Waals surface area (Å²) in [5.41, 5.74) is 4.97. The monoisotopic (exact) mass is 413 g/mol. The average molecular weight is 414 g/mol. The maximum atomic E-state index is 4.79. The Morgan fingerprint density at radius 3 is 2.58 bits per heavy atom. The third kappa shape index (κ3) is 4.49. The largest absolute Gasteiger partial charge is 0.334 e. The molecule has 1 aliphatic rings. The predicted octanol–water partition coefficient (Wildman–Crippen LogP) is 3.62. The third-order valence-electron chi connectivity index (χ3n) is 6.27. The second-order valence-electron chi connectivity index (χ2n) is 8.36. The standard InChI is InChI=1S/C26H31N5/c1-2-7-21(8-3-1)20-31-25-10-5-4-9-22(25)23-11-13-29-24(26(23)31)19-28-12-6-16-30-17-14-27-15-18-30/h1-5,7-11,13,27-28H,6,12,14-20H2. The zero-order chi connectivity index (χ0) is 20.9. The molecule has 3 heterocycles. The van der Waals surface area contributed by atoms with E-state index in [4.69, 9.17) is 4.98 Å². The van der Waals surface area contributed by atoms with E-state index in [0.717, 1.165) is 38.4 Å². The summed E-state index contributed by atoms with van der Waals surface area (Å²) in [5.74, 6) is 0. The highest BCUT2D eigenvalue weighted by molar-refractivity contribution is 6.08. The van der Waals surface area contributed by atoms with Gasteiger partial charge in [0.15, 0.2) is 0 Å². The van der Waals surface area contributed by atoms with E-state index in [2.05, 4.69) is 80.8 Å². The van der Waals surface area contributed by atoms with Gasteiger partial charge in [-0.3, -0.25) is 4.98 Å². The number of hydrogen-bond donors (Lipinski definition) is 2. The van der Waals surface area contributed by atoms with Gasteiger partial charge in [-0.1, -0.05) is 48.5 Å². The summed E-state index contributed by atoms with van der Waals surface area (Å²) in [6.07, 6.45) is 3.13. The molecule has 0 unspecified atom stereocenters. The molecular formula is C26H31N5. The van der Waals surface area contributed by atoms with Crippen LogP contribution in [0, 0.1) is 0 Å². The number of hydrogen-bond acceptors (Lipinski definition) is 4. The highest BCUT2D eigenvalue weighted by Crippen LogP contribution is 2.31. The molecule has 5 heteroatoms. The SMILES string of the molecule is c1ccc(Cn2c3ccccc3c3ccnc(CNCCCN4CCNCC4)c32)cc1. The lowest BCUT2D eigenvalue weighted by molar-refractivity contribution is 0.237. The lowest BCUT2D eigenvalue weighted by Crippen LogP contribution is -2.44. The van der Waals surface area contributed by atoms with Crippen molar-refractivity contribution in [2.75, 3.05) is 39.3 Å². The van der Waals surface area contributed by atoms with E-state index in [1.54, 1.807) is 0 Å². The van der Waals surface area contributed by atoms with Gasteiger partial charge >= 0.3 is 0 Å². The molecule has 1 saturated heterocycles. The number of nitrogens with zero attached hydrogens (tertiary/aromatic N) is 3. The molecule has 2 aromatic heterocycles. The summed E-state index contributed by atoms with van der Waals surface area (Å²) in [7, 11) is 0. The van der Waals surface area contributed by atoms with Crippen molar-refractivity contribution in [3.8, 4) is 0 Å². The summed E-state index contributed by atoms with van der Waals surface area (Å²) < 4.78 is 2.44. The summed E-state index contributed by atoms with van der Waals surface area (Å²) in [6, 6.07) is 21.6. The third-order valence-corrected chi connectivity index (χ3v) is 6.27. The van der Waals surface area contributed by atoms with Crippen LogP contribution in [-0.2, 0) is 13.1 Å². The van der Waals surface area contributed by atoms with Gasteiger partial charge in [0, 0.05) is 61.8 Å². The first-order valence-electron chi connectivity index (χ1n) is 11.4. The van der Waals surface area contributed by atoms with Crippen LogP contribution in [0.3, 0.4) is 0 Å². The molecule has 0 radical (unpaired) electrons. The number of aromatic nitrogens is 2. The first-order chi connectivity index (χ1) is 15.4. The van der Waals surface area contributed by atoms with E-state index in [1.165, 1.54) is 53.4 Å². The molecule has 5 nitrogen and oxygen atoms in total. The topological polar surface area (TPSA) is 45.1 Å². The Balaban J connectivity index is 1.37. The lowest BCUT2D eigenvalue weighted by Gasteiger charge is -2.27. The fourth-order valence-electron chi connectivity index (χ4n) is 4.70. The zero-order valence-corrected chi connectivity index (χ0v) is 18.1. The summed E-state index contributed by atoms with van der Waals surface area (Å²) in [5, 5.41) is 9.66. The van der Waals surface area contributed by atoms with Gasteiger partial charge < -0.3 is 20.1 Å². The van der Waals surface area contributed by atoms with Crippen molar-refractivity contribution in [3.63, 3.8) is 0 Å². The Labute approximate surface area is 184 Å². The van der Waals surface area contributed by atoms with Crippen LogP contribution in [0.25, 0.3) is 21.8 Å². The molecule has 31 heavy (non-hydrogen) atoms. The van der Waals surface area contributed by atoms with Gasteiger partial charge in [-0.25, -0.2) is 0 Å². The van der Waals surface area contributed by atoms with Gasteiger partial charge in [0.1, 0.15) is 0 Å². The fraction of sp³-hybridized carbons (Fsp3) is 0.346. The highest BCUT2D eigenvalue weighted by Gasteiger charge is 2.15. The maximum absolute atomic E-state index is 4.79. The number of pyridine rings is 1. The molecule has 5 rings (SSSR count). The Bertz CT molecular complexity index is 1130. The number of fused-ring (bicyclic) bond motifs is 3. The number of para-hydroxylation sites is 1. The van der Waals surface area contributed by atoms with Crippen LogP contribution in [0.2, 0.25) is 0 Å². The fourth-order valence-corrected chi connectivity index (χ4v) is 4.70. The van der Waals surface area contributed by atoms with Crippen molar-refractivity contribution in [1.82, 2.24) is 25.1 Å². The van der Waals surface area contributed by atoms with Gasteiger partial charge in [-0.2, -0.15) is 0 Å². The lowest BCUT2D eigenvalue weighted by atomic mass is 10.1. The molecular weight excluding hydrogens is 382 g/mol. The van der Waals surface area contributed by atoms with E-state index >= 15 is 0 Å². The molecule has 2 N–H and O–H groups in total. The van der Waals surface area contributed by atoms with Crippen molar-refractivity contribution < 1.29 is 0 Å². The van der Waals surface area contributed by atoms with Crippen LogP contribution < -0.4 is 10.6 Å². The van der Waals surface area contributed by atoms with Gasteiger partial charge in [0.25, 0.3) is 0 Å². The number of benzene rings is 2. The van der Waals surface area contributed by atoms with Crippen molar-refractivity contribution in [2.45, 2.75) is 19.5 Å². The van der Waals surface area contributed by atoms with Crippen molar-refractivity contribution in [3.05, 3.63) is 78.1 Å². The molecule has 1 fully saturated rings. The van der Waals surface area contributed by atoms with E-state index in [0.29, 0.717) is 0 Å². The minimum Gasteiger partial charge on any atom is -0.334 e.